The molecule has 0 aliphatic carbocycles. The van der Waals surface area contributed by atoms with Crippen molar-refractivity contribution in [3.63, 3.8) is 0 Å². The van der Waals surface area contributed by atoms with Crippen LogP contribution in [0.1, 0.15) is 16.7 Å². The maximum absolute atomic E-state index is 8.53. The second-order valence-corrected chi connectivity index (χ2v) is 4.37. The van der Waals surface area contributed by atoms with Crippen molar-refractivity contribution >= 4 is 6.21 Å². The van der Waals surface area contributed by atoms with Crippen LogP contribution in [0.2, 0.25) is 0 Å². The van der Waals surface area contributed by atoms with Crippen molar-refractivity contribution in [2.45, 2.75) is 13.5 Å². The van der Waals surface area contributed by atoms with Gasteiger partial charge in [0.05, 0.1) is 13.3 Å². The van der Waals surface area contributed by atoms with E-state index in [1.807, 2.05) is 18.2 Å². The molecule has 104 valence electrons. The van der Waals surface area contributed by atoms with E-state index in [1.165, 1.54) is 11.8 Å². The van der Waals surface area contributed by atoms with E-state index in [0.717, 1.165) is 11.1 Å². The number of hydrogen-bond donors (Lipinski definition) is 1. The largest absolute Gasteiger partial charge is 0.493 e. The van der Waals surface area contributed by atoms with Gasteiger partial charge in [0.25, 0.3) is 0 Å². The van der Waals surface area contributed by atoms with Gasteiger partial charge >= 0.3 is 0 Å². The Morgan fingerprint density at radius 2 is 1.95 bits per heavy atom. The lowest BCUT2D eigenvalue weighted by Gasteiger charge is -2.12. The van der Waals surface area contributed by atoms with Crippen LogP contribution < -0.4 is 9.47 Å². The van der Waals surface area contributed by atoms with Crippen molar-refractivity contribution in [2.24, 2.45) is 5.16 Å². The Morgan fingerprint density at radius 3 is 2.65 bits per heavy atom. The molecule has 0 atom stereocenters. The zero-order valence-electron chi connectivity index (χ0n) is 11.5. The summed E-state index contributed by atoms with van der Waals surface area (Å²) in [6, 6.07) is 13.4. The molecule has 0 fully saturated rings. The van der Waals surface area contributed by atoms with E-state index in [-0.39, 0.29) is 0 Å². The first-order chi connectivity index (χ1) is 9.74. The second-order valence-electron chi connectivity index (χ2n) is 4.37. The summed E-state index contributed by atoms with van der Waals surface area (Å²) in [5.41, 5.74) is 3.07. The molecule has 1 N–H and O–H groups in total. The van der Waals surface area contributed by atoms with Gasteiger partial charge in [0, 0.05) is 5.56 Å². The van der Waals surface area contributed by atoms with Crippen molar-refractivity contribution in [1.29, 1.82) is 0 Å². The Morgan fingerprint density at radius 1 is 1.15 bits per heavy atom. The molecule has 0 unspecified atom stereocenters. The standard InChI is InChI=1S/C16H17NO3/c1-12-5-3-4-6-14(12)11-20-15-8-7-13(10-17-18)9-16(15)19-2/h3-10,18H,11H2,1-2H3/b17-10+. The molecule has 0 spiro atoms. The molecule has 4 nitrogen and oxygen atoms in total. The first-order valence-electron chi connectivity index (χ1n) is 6.27. The number of rotatable bonds is 5. The Kier molecular flexibility index (Phi) is 4.60. The second kappa shape index (κ2) is 6.61. The minimum Gasteiger partial charge on any atom is -0.493 e. The highest BCUT2D eigenvalue weighted by molar-refractivity contribution is 5.80. The van der Waals surface area contributed by atoms with Crippen LogP contribution in [0.5, 0.6) is 11.5 Å². The molecule has 0 heterocycles. The minimum atomic E-state index is 0.483. The Labute approximate surface area is 118 Å². The number of oxime groups is 1. The van der Waals surface area contributed by atoms with Gasteiger partial charge in [-0.2, -0.15) is 0 Å². The average molecular weight is 271 g/mol. The topological polar surface area (TPSA) is 51.0 Å². The number of methoxy groups -OCH3 is 1. The van der Waals surface area contributed by atoms with Gasteiger partial charge in [-0.1, -0.05) is 29.4 Å². The summed E-state index contributed by atoms with van der Waals surface area (Å²) in [5, 5.41) is 11.5. The normalized spacial score (nSPS) is 10.7. The number of aryl methyl sites for hydroxylation is 1. The number of nitrogens with zero attached hydrogens (tertiary/aromatic N) is 1. The predicted octanol–water partition coefficient (Wildman–Crippen LogP) is 3.39. The van der Waals surface area contributed by atoms with Crippen molar-refractivity contribution in [3.8, 4) is 11.5 Å². The molecule has 0 radical (unpaired) electrons. The van der Waals surface area contributed by atoms with Gasteiger partial charge < -0.3 is 14.7 Å². The predicted molar refractivity (Wildman–Crippen MR) is 77.9 cm³/mol. The van der Waals surface area contributed by atoms with Crippen LogP contribution in [0, 0.1) is 6.92 Å². The quantitative estimate of drug-likeness (QED) is 0.515. The summed E-state index contributed by atoms with van der Waals surface area (Å²) in [5.74, 6) is 1.27. The fourth-order valence-electron chi connectivity index (χ4n) is 1.88. The Bertz CT molecular complexity index is 608. The van der Waals surface area contributed by atoms with Gasteiger partial charge in [-0.3, -0.25) is 0 Å². The third-order valence-corrected chi connectivity index (χ3v) is 3.04. The van der Waals surface area contributed by atoms with E-state index in [4.69, 9.17) is 14.7 Å². The minimum absolute atomic E-state index is 0.483. The van der Waals surface area contributed by atoms with Crippen LogP contribution in [0.3, 0.4) is 0 Å². The smallest absolute Gasteiger partial charge is 0.161 e. The van der Waals surface area contributed by atoms with E-state index in [0.29, 0.717) is 18.1 Å². The summed E-state index contributed by atoms with van der Waals surface area (Å²) in [4.78, 5) is 0. The molecule has 0 saturated heterocycles. The summed E-state index contributed by atoms with van der Waals surface area (Å²) in [6.07, 6.45) is 1.34. The van der Waals surface area contributed by atoms with Gasteiger partial charge in [-0.15, -0.1) is 0 Å². The maximum atomic E-state index is 8.53. The maximum Gasteiger partial charge on any atom is 0.161 e. The van der Waals surface area contributed by atoms with Crippen molar-refractivity contribution in [1.82, 2.24) is 0 Å². The van der Waals surface area contributed by atoms with Gasteiger partial charge in [-0.05, 0) is 36.2 Å². The molecule has 0 aliphatic heterocycles. The highest BCUT2D eigenvalue weighted by Crippen LogP contribution is 2.28. The van der Waals surface area contributed by atoms with Crippen LogP contribution >= 0.6 is 0 Å². The van der Waals surface area contributed by atoms with Crippen molar-refractivity contribution in [3.05, 3.63) is 59.2 Å². The number of ether oxygens (including phenoxy) is 2. The summed E-state index contributed by atoms with van der Waals surface area (Å²) in [7, 11) is 1.58. The van der Waals surface area contributed by atoms with Gasteiger partial charge in [0.15, 0.2) is 11.5 Å². The third kappa shape index (κ3) is 3.29. The fraction of sp³-hybridized carbons (Fsp3) is 0.188. The molecule has 2 rings (SSSR count). The van der Waals surface area contributed by atoms with Crippen LogP contribution in [-0.4, -0.2) is 18.5 Å². The zero-order chi connectivity index (χ0) is 14.4. The monoisotopic (exact) mass is 271 g/mol. The average Bonchev–Trinajstić information content (AvgIpc) is 2.47. The lowest BCUT2D eigenvalue weighted by Crippen LogP contribution is -2.00. The SMILES string of the molecule is COc1cc(/C=N/O)ccc1OCc1ccccc1C. The van der Waals surface area contributed by atoms with Crippen LogP contribution in [0.25, 0.3) is 0 Å². The van der Waals surface area contributed by atoms with E-state index in [2.05, 4.69) is 18.1 Å². The molecule has 0 aromatic heterocycles. The van der Waals surface area contributed by atoms with Gasteiger partial charge in [0.2, 0.25) is 0 Å². The van der Waals surface area contributed by atoms with Crippen LogP contribution in [0.4, 0.5) is 0 Å². The van der Waals surface area contributed by atoms with E-state index in [1.54, 1.807) is 25.3 Å². The summed E-state index contributed by atoms with van der Waals surface area (Å²) >= 11 is 0. The number of benzene rings is 2. The molecule has 2 aromatic carbocycles. The molecular weight excluding hydrogens is 254 g/mol. The molecule has 20 heavy (non-hydrogen) atoms. The third-order valence-electron chi connectivity index (χ3n) is 3.04. The number of hydrogen-bond acceptors (Lipinski definition) is 4. The molecular formula is C16H17NO3. The summed E-state index contributed by atoms with van der Waals surface area (Å²) < 4.78 is 11.1. The first-order valence-corrected chi connectivity index (χ1v) is 6.27. The molecule has 2 aromatic rings. The molecule has 0 saturated carbocycles. The fourth-order valence-corrected chi connectivity index (χ4v) is 1.88. The Balaban J connectivity index is 2.15. The molecule has 0 bridgehead atoms. The summed E-state index contributed by atoms with van der Waals surface area (Å²) in [6.45, 7) is 2.53. The van der Waals surface area contributed by atoms with E-state index < -0.39 is 0 Å². The Hall–Kier alpha value is -2.49. The van der Waals surface area contributed by atoms with Crippen molar-refractivity contribution in [2.75, 3.05) is 7.11 Å². The lowest BCUT2D eigenvalue weighted by atomic mass is 10.1. The van der Waals surface area contributed by atoms with Gasteiger partial charge in [0.1, 0.15) is 6.61 Å². The molecule has 0 aliphatic rings. The van der Waals surface area contributed by atoms with Crippen LogP contribution in [0.15, 0.2) is 47.6 Å². The van der Waals surface area contributed by atoms with Crippen molar-refractivity contribution < 1.29 is 14.7 Å². The zero-order valence-corrected chi connectivity index (χ0v) is 11.5. The van der Waals surface area contributed by atoms with Gasteiger partial charge in [-0.25, -0.2) is 0 Å². The molecule has 0 amide bonds. The highest BCUT2D eigenvalue weighted by atomic mass is 16.5. The first kappa shape index (κ1) is 13.9. The lowest BCUT2D eigenvalue weighted by molar-refractivity contribution is 0.284. The van der Waals surface area contributed by atoms with Crippen LogP contribution in [-0.2, 0) is 6.61 Å². The van der Waals surface area contributed by atoms with E-state index >= 15 is 0 Å². The molecule has 4 heteroatoms. The highest BCUT2D eigenvalue weighted by Gasteiger charge is 2.06. The van der Waals surface area contributed by atoms with E-state index in [9.17, 15) is 0 Å².